The van der Waals surface area contributed by atoms with Crippen LogP contribution in [0.3, 0.4) is 0 Å². The Hall–Kier alpha value is -3.54. The summed E-state index contributed by atoms with van der Waals surface area (Å²) < 4.78 is 48.7. The van der Waals surface area contributed by atoms with Crippen LogP contribution in [0.15, 0.2) is 53.6 Å². The molecule has 3 N–H and O–H groups in total. The quantitative estimate of drug-likeness (QED) is 0.221. The van der Waals surface area contributed by atoms with Gasteiger partial charge in [-0.05, 0) is 80.6 Å². The highest BCUT2D eigenvalue weighted by atomic mass is 35.5. The van der Waals surface area contributed by atoms with Gasteiger partial charge < -0.3 is 15.4 Å². The van der Waals surface area contributed by atoms with E-state index in [1.54, 1.807) is 12.3 Å². The summed E-state index contributed by atoms with van der Waals surface area (Å²) in [4.78, 5) is 13.3. The molecule has 9 nitrogen and oxygen atoms in total. The number of hydrogen-bond donors (Lipinski definition) is 3. The lowest BCUT2D eigenvalue weighted by atomic mass is 9.91. The van der Waals surface area contributed by atoms with Gasteiger partial charge in [-0.1, -0.05) is 30.7 Å². The Bertz CT molecular complexity index is 1680. The van der Waals surface area contributed by atoms with Crippen LogP contribution >= 0.6 is 11.6 Å². The van der Waals surface area contributed by atoms with E-state index in [9.17, 15) is 8.42 Å². The van der Waals surface area contributed by atoms with E-state index in [1.807, 2.05) is 26.1 Å². The Labute approximate surface area is 244 Å². The Balaban J connectivity index is 1.45. The maximum absolute atomic E-state index is 15.3. The number of sulfonamides is 1. The zero-order chi connectivity index (χ0) is 29.1. The molecule has 0 amide bonds. The topological polar surface area (TPSA) is 118 Å². The van der Waals surface area contributed by atoms with Gasteiger partial charge in [-0.15, -0.1) is 0 Å². The molecule has 5 rings (SSSR count). The first-order chi connectivity index (χ1) is 19.7. The van der Waals surface area contributed by atoms with Crippen molar-refractivity contribution < 1.29 is 17.5 Å². The number of methoxy groups -OCH3 is 1. The van der Waals surface area contributed by atoms with Gasteiger partial charge in [0.1, 0.15) is 4.90 Å². The molecule has 0 bridgehead atoms. The van der Waals surface area contributed by atoms with Gasteiger partial charge in [0.25, 0.3) is 10.0 Å². The summed E-state index contributed by atoms with van der Waals surface area (Å²) in [6, 6.07) is 11.8. The molecule has 0 radical (unpaired) electrons. The van der Waals surface area contributed by atoms with E-state index in [4.69, 9.17) is 21.3 Å². The predicted molar refractivity (Wildman–Crippen MR) is 160 cm³/mol. The van der Waals surface area contributed by atoms with Crippen molar-refractivity contribution in [3.63, 3.8) is 0 Å². The molecule has 0 unspecified atom stereocenters. The second-order valence-corrected chi connectivity index (χ2v) is 12.1. The molecule has 41 heavy (non-hydrogen) atoms. The van der Waals surface area contributed by atoms with E-state index in [-0.39, 0.29) is 15.8 Å². The third-order valence-corrected chi connectivity index (χ3v) is 9.25. The van der Waals surface area contributed by atoms with Crippen LogP contribution in [0, 0.1) is 5.82 Å². The summed E-state index contributed by atoms with van der Waals surface area (Å²) in [5, 5.41) is 7.63. The Kier molecular flexibility index (Phi) is 8.58. The van der Waals surface area contributed by atoms with Gasteiger partial charge >= 0.3 is 0 Å². The summed E-state index contributed by atoms with van der Waals surface area (Å²) in [6.07, 6.45) is 6.76. The number of ether oxygens (including phenoxy) is 1. The number of rotatable bonds is 9. The van der Waals surface area contributed by atoms with Gasteiger partial charge in [0.15, 0.2) is 11.6 Å². The summed E-state index contributed by atoms with van der Waals surface area (Å²) in [5.41, 5.74) is 2.78. The minimum Gasteiger partial charge on any atom is -0.480 e. The molecule has 1 aliphatic carbocycles. The van der Waals surface area contributed by atoms with Crippen LogP contribution in [0.25, 0.3) is 22.0 Å². The number of aryl methyl sites for hydroxylation is 1. The first-order valence-electron chi connectivity index (χ1n) is 13.5. The van der Waals surface area contributed by atoms with Crippen molar-refractivity contribution in [2.75, 3.05) is 24.2 Å². The second-order valence-electron chi connectivity index (χ2n) is 10.0. The minimum atomic E-state index is -4.19. The summed E-state index contributed by atoms with van der Waals surface area (Å²) in [6.45, 7) is 2.02. The molecular weight excluding hydrogens is 567 g/mol. The smallest absolute Gasteiger partial charge is 0.264 e. The molecule has 2 aromatic carbocycles. The molecule has 4 aromatic rings. The largest absolute Gasteiger partial charge is 0.480 e. The number of anilines is 2. The first-order valence-corrected chi connectivity index (χ1v) is 15.3. The van der Waals surface area contributed by atoms with Gasteiger partial charge in [-0.25, -0.2) is 22.8 Å². The molecule has 2 heterocycles. The van der Waals surface area contributed by atoms with Crippen molar-refractivity contribution in [2.24, 2.45) is 0 Å². The van der Waals surface area contributed by atoms with E-state index >= 15 is 4.39 Å². The van der Waals surface area contributed by atoms with Gasteiger partial charge in [-0.2, -0.15) is 4.98 Å². The summed E-state index contributed by atoms with van der Waals surface area (Å²) in [5.74, 6) is -0.711. The zero-order valence-corrected chi connectivity index (χ0v) is 24.6. The number of pyridine rings is 1. The third-order valence-electron chi connectivity index (χ3n) is 7.41. The minimum absolute atomic E-state index is 0.00833. The van der Waals surface area contributed by atoms with Crippen LogP contribution in [0.2, 0.25) is 5.02 Å². The van der Waals surface area contributed by atoms with Crippen molar-refractivity contribution in [1.82, 2.24) is 20.3 Å². The lowest BCUT2D eigenvalue weighted by Gasteiger charge is -2.28. The highest BCUT2D eigenvalue weighted by molar-refractivity contribution is 7.92. The van der Waals surface area contributed by atoms with Crippen LogP contribution in [0.5, 0.6) is 5.88 Å². The molecule has 1 fully saturated rings. The Morgan fingerprint density at radius 3 is 2.49 bits per heavy atom. The van der Waals surface area contributed by atoms with Crippen LogP contribution < -0.4 is 20.1 Å². The number of benzene rings is 2. The number of fused-ring (bicyclic) bond motifs is 1. The number of halogens is 2. The molecule has 1 aliphatic rings. The van der Waals surface area contributed by atoms with Gasteiger partial charge in [0, 0.05) is 29.2 Å². The van der Waals surface area contributed by atoms with Gasteiger partial charge in [0.2, 0.25) is 11.8 Å². The first kappa shape index (κ1) is 29.0. The lowest BCUT2D eigenvalue weighted by Crippen LogP contribution is -2.35. The van der Waals surface area contributed by atoms with Crippen LogP contribution in [-0.2, 0) is 16.4 Å². The van der Waals surface area contributed by atoms with Crippen LogP contribution in [0.1, 0.15) is 38.2 Å². The number of nitrogens with zero attached hydrogens (tertiary/aromatic N) is 3. The Morgan fingerprint density at radius 1 is 1.07 bits per heavy atom. The van der Waals surface area contributed by atoms with Crippen LogP contribution in [-0.4, -0.2) is 49.6 Å². The molecule has 0 spiro atoms. The van der Waals surface area contributed by atoms with Crippen molar-refractivity contribution in [3.05, 3.63) is 65.1 Å². The second kappa shape index (κ2) is 12.1. The maximum Gasteiger partial charge on any atom is 0.264 e. The molecule has 0 atom stereocenters. The zero-order valence-electron chi connectivity index (χ0n) is 23.0. The molecular formula is C29H32ClFN6O3S. The summed E-state index contributed by atoms with van der Waals surface area (Å²) in [7, 11) is -0.798. The normalized spacial score (nSPS) is 17.4. The van der Waals surface area contributed by atoms with Crippen molar-refractivity contribution >= 4 is 44.3 Å². The lowest BCUT2D eigenvalue weighted by molar-refractivity contribution is 0.370. The van der Waals surface area contributed by atoms with Gasteiger partial charge in [-0.3, -0.25) is 4.72 Å². The van der Waals surface area contributed by atoms with Crippen molar-refractivity contribution in [1.29, 1.82) is 0 Å². The molecule has 2 aromatic heterocycles. The van der Waals surface area contributed by atoms with E-state index in [0.717, 1.165) is 42.1 Å². The maximum atomic E-state index is 15.3. The molecule has 0 aliphatic heterocycles. The Morgan fingerprint density at radius 2 is 1.80 bits per heavy atom. The van der Waals surface area contributed by atoms with Crippen molar-refractivity contribution in [3.8, 4) is 17.0 Å². The average molecular weight is 599 g/mol. The highest BCUT2D eigenvalue weighted by Crippen LogP contribution is 2.36. The highest BCUT2D eigenvalue weighted by Gasteiger charge is 2.24. The van der Waals surface area contributed by atoms with E-state index in [0.29, 0.717) is 35.6 Å². The molecule has 12 heteroatoms. The molecule has 0 saturated heterocycles. The fourth-order valence-corrected chi connectivity index (χ4v) is 6.70. The fraction of sp³-hybridized carbons (Fsp3) is 0.345. The number of nitrogens with one attached hydrogen (secondary N) is 3. The van der Waals surface area contributed by atoms with Crippen LogP contribution in [0.4, 0.5) is 16.2 Å². The molecule has 1 saturated carbocycles. The summed E-state index contributed by atoms with van der Waals surface area (Å²) >= 11 is 6.05. The number of aromatic nitrogens is 3. The van der Waals surface area contributed by atoms with E-state index in [2.05, 4.69) is 25.3 Å². The average Bonchev–Trinajstić information content (AvgIpc) is 2.98. The molecule has 216 valence electrons. The van der Waals surface area contributed by atoms with E-state index in [1.165, 1.54) is 31.4 Å². The standard InChI is InChI=1S/C29H32ClFN6O3S/c1-4-17-13-18(14-19-16-33-29(35-26(17)19)34-21-11-9-20(32-2)10-12-21)22-15-24(31)27(36-28(22)40-3)37-41(38,39)25-8-6-5-7-23(25)30/h5-8,13-16,20-21,32H,4,9-12H2,1-3H3,(H,36,37)(H,33,34,35)/t20-,21-. The van der Waals surface area contributed by atoms with E-state index < -0.39 is 21.7 Å². The SMILES string of the molecule is CCc1cc(-c2cc(F)c(NS(=O)(=O)c3ccccc3Cl)nc2OC)cc2cnc(N[C@H]3CC[C@H](NC)CC3)nc12. The van der Waals surface area contributed by atoms with Gasteiger partial charge in [0.05, 0.1) is 17.6 Å². The third kappa shape index (κ3) is 6.22. The fourth-order valence-electron chi connectivity index (χ4n) is 5.17. The number of hydrogen-bond acceptors (Lipinski definition) is 8. The monoisotopic (exact) mass is 598 g/mol. The predicted octanol–water partition coefficient (Wildman–Crippen LogP) is 5.80. The van der Waals surface area contributed by atoms with Crippen molar-refractivity contribution in [2.45, 2.75) is 56.0 Å².